The van der Waals surface area contributed by atoms with E-state index in [1.165, 1.54) is 25.9 Å². The molecule has 1 N–H and O–H groups in total. The predicted molar refractivity (Wildman–Crippen MR) is 76.4 cm³/mol. The minimum absolute atomic E-state index is 0.512. The molecule has 0 radical (unpaired) electrons. The predicted octanol–water partition coefficient (Wildman–Crippen LogP) is 3.13. The van der Waals surface area contributed by atoms with Crippen LogP contribution in [0.5, 0.6) is 0 Å². The maximum Gasteiger partial charge on any atom is 0.0105 e. The van der Waals surface area contributed by atoms with Crippen molar-refractivity contribution in [2.45, 2.75) is 66.5 Å². The lowest BCUT2D eigenvalue weighted by Crippen LogP contribution is -2.49. The fraction of sp³-hybridized carbons (Fsp3) is 1.00. The minimum atomic E-state index is 0.512. The standard InChI is InChI=1S/C15H32N2/c1-12(2)16-10-13(3)14(4)17-9-7-8-15(5,6)11-17/h12-14,16H,7-11H2,1-6H3. The zero-order valence-corrected chi connectivity index (χ0v) is 12.7. The van der Waals surface area contributed by atoms with Crippen LogP contribution >= 0.6 is 0 Å². The first kappa shape index (κ1) is 15.0. The normalized spacial score (nSPS) is 24.9. The summed E-state index contributed by atoms with van der Waals surface area (Å²) in [6, 6.07) is 1.29. The monoisotopic (exact) mass is 240 g/mol. The molecule has 1 heterocycles. The Morgan fingerprint density at radius 1 is 1.18 bits per heavy atom. The summed E-state index contributed by atoms with van der Waals surface area (Å²) in [6.07, 6.45) is 2.75. The van der Waals surface area contributed by atoms with E-state index in [1.54, 1.807) is 0 Å². The molecule has 1 aliphatic rings. The lowest BCUT2D eigenvalue weighted by molar-refractivity contribution is 0.0626. The Kier molecular flexibility index (Phi) is 5.46. The number of hydrogen-bond acceptors (Lipinski definition) is 2. The number of nitrogens with one attached hydrogen (secondary N) is 1. The van der Waals surface area contributed by atoms with Crippen molar-refractivity contribution in [3.05, 3.63) is 0 Å². The topological polar surface area (TPSA) is 15.3 Å². The molecule has 0 amide bonds. The molecule has 2 heteroatoms. The summed E-state index contributed by atoms with van der Waals surface area (Å²) in [5, 5.41) is 3.56. The molecular formula is C15H32N2. The van der Waals surface area contributed by atoms with E-state index in [0.29, 0.717) is 17.5 Å². The SMILES string of the molecule is CC(C)NCC(C)C(C)N1CCCC(C)(C)C1. The largest absolute Gasteiger partial charge is 0.314 e. The summed E-state index contributed by atoms with van der Waals surface area (Å²) in [4.78, 5) is 2.69. The number of likely N-dealkylation sites (tertiary alicyclic amines) is 1. The molecule has 1 fully saturated rings. The molecule has 2 nitrogen and oxygen atoms in total. The molecule has 0 aromatic heterocycles. The minimum Gasteiger partial charge on any atom is -0.314 e. The molecule has 1 saturated heterocycles. The van der Waals surface area contributed by atoms with Crippen LogP contribution < -0.4 is 5.32 Å². The van der Waals surface area contributed by atoms with Gasteiger partial charge in [0.15, 0.2) is 0 Å². The zero-order chi connectivity index (χ0) is 13.1. The van der Waals surface area contributed by atoms with Gasteiger partial charge in [0.1, 0.15) is 0 Å². The van der Waals surface area contributed by atoms with Gasteiger partial charge in [-0.05, 0) is 44.2 Å². The molecule has 0 bridgehead atoms. The van der Waals surface area contributed by atoms with E-state index in [1.807, 2.05) is 0 Å². The highest BCUT2D eigenvalue weighted by molar-refractivity contribution is 4.84. The van der Waals surface area contributed by atoms with Crippen molar-refractivity contribution < 1.29 is 0 Å². The van der Waals surface area contributed by atoms with Gasteiger partial charge >= 0.3 is 0 Å². The van der Waals surface area contributed by atoms with E-state index >= 15 is 0 Å². The van der Waals surface area contributed by atoms with Gasteiger partial charge < -0.3 is 5.32 Å². The van der Waals surface area contributed by atoms with Gasteiger partial charge in [0.25, 0.3) is 0 Å². The molecule has 0 aromatic rings. The summed E-state index contributed by atoms with van der Waals surface area (Å²) >= 11 is 0. The Bertz CT molecular complexity index is 223. The Morgan fingerprint density at radius 2 is 1.82 bits per heavy atom. The highest BCUT2D eigenvalue weighted by Gasteiger charge is 2.30. The first-order valence-corrected chi connectivity index (χ1v) is 7.29. The summed E-state index contributed by atoms with van der Waals surface area (Å²) in [5.41, 5.74) is 0.512. The van der Waals surface area contributed by atoms with Crippen molar-refractivity contribution in [3.63, 3.8) is 0 Å². The molecule has 0 aliphatic carbocycles. The fourth-order valence-electron chi connectivity index (χ4n) is 2.77. The first-order chi connectivity index (χ1) is 7.82. The van der Waals surface area contributed by atoms with Crippen LogP contribution in [-0.4, -0.2) is 36.6 Å². The highest BCUT2D eigenvalue weighted by atomic mass is 15.2. The Hall–Kier alpha value is -0.0800. The van der Waals surface area contributed by atoms with Crippen LogP contribution in [0.25, 0.3) is 0 Å². The third-order valence-corrected chi connectivity index (χ3v) is 4.18. The van der Waals surface area contributed by atoms with Gasteiger partial charge in [-0.2, -0.15) is 0 Å². The molecule has 2 atom stereocenters. The number of rotatable bonds is 5. The lowest BCUT2D eigenvalue weighted by atomic mass is 9.83. The highest BCUT2D eigenvalue weighted by Crippen LogP contribution is 2.30. The van der Waals surface area contributed by atoms with E-state index in [4.69, 9.17) is 0 Å². The van der Waals surface area contributed by atoms with Crippen molar-refractivity contribution in [1.82, 2.24) is 10.2 Å². The van der Waals surface area contributed by atoms with Crippen molar-refractivity contribution in [1.29, 1.82) is 0 Å². The first-order valence-electron chi connectivity index (χ1n) is 7.29. The van der Waals surface area contributed by atoms with Crippen molar-refractivity contribution >= 4 is 0 Å². The molecule has 0 saturated carbocycles. The van der Waals surface area contributed by atoms with Crippen LogP contribution in [0.15, 0.2) is 0 Å². The Morgan fingerprint density at radius 3 is 2.35 bits per heavy atom. The van der Waals surface area contributed by atoms with E-state index in [9.17, 15) is 0 Å². The zero-order valence-electron chi connectivity index (χ0n) is 12.7. The van der Waals surface area contributed by atoms with Gasteiger partial charge in [0.05, 0.1) is 0 Å². The van der Waals surface area contributed by atoms with Crippen LogP contribution in [0.3, 0.4) is 0 Å². The molecule has 0 spiro atoms. The van der Waals surface area contributed by atoms with E-state index in [-0.39, 0.29) is 0 Å². The van der Waals surface area contributed by atoms with E-state index < -0.39 is 0 Å². The Labute approximate surface area is 108 Å². The second kappa shape index (κ2) is 6.19. The molecule has 102 valence electrons. The van der Waals surface area contributed by atoms with E-state index in [0.717, 1.165) is 12.5 Å². The molecule has 0 aromatic carbocycles. The maximum absolute atomic E-state index is 3.56. The van der Waals surface area contributed by atoms with Gasteiger partial charge in [-0.1, -0.05) is 34.6 Å². The molecule has 1 rings (SSSR count). The van der Waals surface area contributed by atoms with Crippen LogP contribution in [0.1, 0.15) is 54.4 Å². The average Bonchev–Trinajstić information content (AvgIpc) is 2.23. The third-order valence-electron chi connectivity index (χ3n) is 4.18. The number of piperidine rings is 1. The number of hydrogen-bond donors (Lipinski definition) is 1. The van der Waals surface area contributed by atoms with Crippen molar-refractivity contribution in [2.75, 3.05) is 19.6 Å². The van der Waals surface area contributed by atoms with Crippen LogP contribution in [0, 0.1) is 11.3 Å². The van der Waals surface area contributed by atoms with Crippen molar-refractivity contribution in [3.8, 4) is 0 Å². The Balaban J connectivity index is 2.42. The summed E-state index contributed by atoms with van der Waals surface area (Å²) in [6.45, 7) is 17.7. The number of nitrogens with zero attached hydrogens (tertiary/aromatic N) is 1. The average molecular weight is 240 g/mol. The molecule has 2 unspecified atom stereocenters. The van der Waals surface area contributed by atoms with Gasteiger partial charge in [0.2, 0.25) is 0 Å². The lowest BCUT2D eigenvalue weighted by Gasteiger charge is -2.43. The molecule has 17 heavy (non-hydrogen) atoms. The second-order valence-corrected chi connectivity index (χ2v) is 7.02. The van der Waals surface area contributed by atoms with Crippen LogP contribution in [0.2, 0.25) is 0 Å². The molecular weight excluding hydrogens is 208 g/mol. The van der Waals surface area contributed by atoms with E-state index in [2.05, 4.69) is 51.8 Å². The summed E-state index contributed by atoms with van der Waals surface area (Å²) in [7, 11) is 0. The smallest absolute Gasteiger partial charge is 0.0105 e. The van der Waals surface area contributed by atoms with Gasteiger partial charge in [-0.25, -0.2) is 0 Å². The summed E-state index contributed by atoms with van der Waals surface area (Å²) in [5.74, 6) is 0.728. The van der Waals surface area contributed by atoms with Gasteiger partial charge in [0, 0.05) is 18.6 Å². The summed E-state index contributed by atoms with van der Waals surface area (Å²) < 4.78 is 0. The third kappa shape index (κ3) is 4.97. The maximum atomic E-state index is 3.56. The van der Waals surface area contributed by atoms with Gasteiger partial charge in [-0.15, -0.1) is 0 Å². The fourth-order valence-corrected chi connectivity index (χ4v) is 2.77. The van der Waals surface area contributed by atoms with Crippen LogP contribution in [0.4, 0.5) is 0 Å². The van der Waals surface area contributed by atoms with Crippen LogP contribution in [-0.2, 0) is 0 Å². The second-order valence-electron chi connectivity index (χ2n) is 7.02. The van der Waals surface area contributed by atoms with Gasteiger partial charge in [-0.3, -0.25) is 4.90 Å². The molecule has 1 aliphatic heterocycles. The quantitative estimate of drug-likeness (QED) is 0.794. The van der Waals surface area contributed by atoms with Crippen molar-refractivity contribution in [2.24, 2.45) is 11.3 Å².